The Morgan fingerprint density at radius 3 is 2.10 bits per heavy atom. The Hall–Kier alpha value is -1.79. The highest BCUT2D eigenvalue weighted by Crippen LogP contribution is 2.10. The first-order chi connectivity index (χ1) is 9.17. The van der Waals surface area contributed by atoms with E-state index in [0.29, 0.717) is 13.0 Å². The predicted molar refractivity (Wildman–Crippen MR) is 75.4 cm³/mol. The SMILES string of the molecule is CCCN(CC(=O)N(C)C)C(=O)NC(C)(CC)C(=O)O. The van der Waals surface area contributed by atoms with Gasteiger partial charge in [-0.05, 0) is 19.8 Å². The van der Waals surface area contributed by atoms with Gasteiger partial charge in [-0.3, -0.25) is 4.79 Å². The van der Waals surface area contributed by atoms with E-state index in [2.05, 4.69) is 5.32 Å². The quantitative estimate of drug-likeness (QED) is 0.723. The number of urea groups is 1. The Morgan fingerprint density at radius 2 is 1.75 bits per heavy atom. The van der Waals surface area contributed by atoms with Crippen molar-refractivity contribution in [2.45, 2.75) is 39.2 Å². The zero-order valence-electron chi connectivity index (χ0n) is 12.9. The molecule has 116 valence electrons. The number of likely N-dealkylation sites (N-methyl/N-ethyl adjacent to an activating group) is 1. The molecule has 0 aromatic rings. The Kier molecular flexibility index (Phi) is 7.02. The van der Waals surface area contributed by atoms with Crippen LogP contribution in [0.25, 0.3) is 0 Å². The first-order valence-corrected chi connectivity index (χ1v) is 6.68. The van der Waals surface area contributed by atoms with Crippen molar-refractivity contribution < 1.29 is 19.5 Å². The maximum atomic E-state index is 12.2. The highest BCUT2D eigenvalue weighted by molar-refractivity contribution is 5.88. The van der Waals surface area contributed by atoms with Gasteiger partial charge in [-0.25, -0.2) is 9.59 Å². The molecule has 0 aromatic carbocycles. The summed E-state index contributed by atoms with van der Waals surface area (Å²) in [4.78, 5) is 37.8. The van der Waals surface area contributed by atoms with Crippen molar-refractivity contribution in [3.8, 4) is 0 Å². The third-order valence-corrected chi connectivity index (χ3v) is 3.17. The van der Waals surface area contributed by atoms with E-state index in [9.17, 15) is 14.4 Å². The van der Waals surface area contributed by atoms with Crippen LogP contribution in [0, 0.1) is 0 Å². The highest BCUT2D eigenvalue weighted by Gasteiger charge is 2.34. The highest BCUT2D eigenvalue weighted by atomic mass is 16.4. The van der Waals surface area contributed by atoms with Crippen molar-refractivity contribution >= 4 is 17.9 Å². The summed E-state index contributed by atoms with van der Waals surface area (Å²) < 4.78 is 0. The fourth-order valence-electron chi connectivity index (χ4n) is 1.44. The van der Waals surface area contributed by atoms with Gasteiger partial charge in [0.2, 0.25) is 5.91 Å². The number of carbonyl (C=O) groups is 3. The maximum Gasteiger partial charge on any atom is 0.329 e. The van der Waals surface area contributed by atoms with Crippen LogP contribution < -0.4 is 5.32 Å². The van der Waals surface area contributed by atoms with Gasteiger partial charge in [-0.2, -0.15) is 0 Å². The second-order valence-corrected chi connectivity index (χ2v) is 5.13. The van der Waals surface area contributed by atoms with Crippen molar-refractivity contribution in [3.05, 3.63) is 0 Å². The zero-order valence-corrected chi connectivity index (χ0v) is 12.9. The molecule has 1 atom stereocenters. The van der Waals surface area contributed by atoms with Crippen molar-refractivity contribution in [2.24, 2.45) is 0 Å². The number of amides is 3. The Labute approximate surface area is 119 Å². The second kappa shape index (κ2) is 7.72. The summed E-state index contributed by atoms with van der Waals surface area (Å²) in [5.74, 6) is -1.30. The minimum Gasteiger partial charge on any atom is -0.480 e. The number of nitrogens with one attached hydrogen (secondary N) is 1. The molecule has 0 saturated heterocycles. The summed E-state index contributed by atoms with van der Waals surface area (Å²) in [6.45, 7) is 5.35. The number of aliphatic carboxylic acids is 1. The molecule has 0 rings (SSSR count). The molecule has 3 amide bonds. The predicted octanol–water partition coefficient (Wildman–Crippen LogP) is 0.750. The van der Waals surface area contributed by atoms with Crippen LogP contribution in [0.5, 0.6) is 0 Å². The number of carboxylic acid groups (broad SMARTS) is 1. The lowest BCUT2D eigenvalue weighted by Crippen LogP contribution is -2.57. The molecular weight excluding hydrogens is 262 g/mol. The van der Waals surface area contributed by atoms with Crippen molar-refractivity contribution in [2.75, 3.05) is 27.2 Å². The van der Waals surface area contributed by atoms with Crippen LogP contribution in [0.3, 0.4) is 0 Å². The second-order valence-electron chi connectivity index (χ2n) is 5.13. The minimum atomic E-state index is -1.33. The van der Waals surface area contributed by atoms with E-state index in [-0.39, 0.29) is 18.9 Å². The lowest BCUT2D eigenvalue weighted by atomic mass is 10.00. The monoisotopic (exact) mass is 287 g/mol. The lowest BCUT2D eigenvalue weighted by molar-refractivity contribution is -0.143. The van der Waals surface area contributed by atoms with E-state index >= 15 is 0 Å². The smallest absolute Gasteiger partial charge is 0.329 e. The number of carboxylic acids is 1. The molecule has 0 aliphatic carbocycles. The molecule has 7 nitrogen and oxygen atoms in total. The van der Waals surface area contributed by atoms with E-state index in [1.54, 1.807) is 21.0 Å². The van der Waals surface area contributed by atoms with E-state index in [1.165, 1.54) is 16.7 Å². The van der Waals surface area contributed by atoms with Gasteiger partial charge in [-0.15, -0.1) is 0 Å². The molecule has 0 heterocycles. The van der Waals surface area contributed by atoms with Gasteiger partial charge in [-0.1, -0.05) is 13.8 Å². The van der Waals surface area contributed by atoms with Gasteiger partial charge in [0.25, 0.3) is 0 Å². The molecule has 0 spiro atoms. The van der Waals surface area contributed by atoms with Crippen LogP contribution in [-0.4, -0.2) is 65.5 Å². The summed E-state index contributed by atoms with van der Waals surface area (Å²) in [7, 11) is 3.22. The molecular formula is C13H25N3O4. The van der Waals surface area contributed by atoms with Gasteiger partial charge in [0.15, 0.2) is 0 Å². The van der Waals surface area contributed by atoms with E-state index < -0.39 is 17.5 Å². The molecule has 7 heteroatoms. The zero-order chi connectivity index (χ0) is 15.9. The average molecular weight is 287 g/mol. The fourth-order valence-corrected chi connectivity index (χ4v) is 1.44. The molecule has 1 unspecified atom stereocenters. The van der Waals surface area contributed by atoms with Gasteiger partial charge in [0.05, 0.1) is 0 Å². The topological polar surface area (TPSA) is 90.0 Å². The van der Waals surface area contributed by atoms with Crippen molar-refractivity contribution in [1.29, 1.82) is 0 Å². The normalized spacial score (nSPS) is 13.2. The van der Waals surface area contributed by atoms with Gasteiger partial charge in [0, 0.05) is 20.6 Å². The van der Waals surface area contributed by atoms with Crippen LogP contribution in [0.15, 0.2) is 0 Å². The number of hydrogen-bond donors (Lipinski definition) is 2. The Balaban J connectivity index is 4.89. The number of carbonyl (C=O) groups excluding carboxylic acids is 2. The number of nitrogens with zero attached hydrogens (tertiary/aromatic N) is 2. The van der Waals surface area contributed by atoms with E-state index in [0.717, 1.165) is 0 Å². The third-order valence-electron chi connectivity index (χ3n) is 3.17. The van der Waals surface area contributed by atoms with Gasteiger partial charge >= 0.3 is 12.0 Å². The van der Waals surface area contributed by atoms with E-state index in [4.69, 9.17) is 5.11 Å². The van der Waals surface area contributed by atoms with E-state index in [1.807, 2.05) is 6.92 Å². The largest absolute Gasteiger partial charge is 0.480 e. The lowest BCUT2D eigenvalue weighted by Gasteiger charge is -2.30. The molecule has 0 radical (unpaired) electrons. The fraction of sp³-hybridized carbons (Fsp3) is 0.769. The molecule has 0 fully saturated rings. The van der Waals surface area contributed by atoms with Crippen LogP contribution in [0.4, 0.5) is 4.79 Å². The molecule has 0 aromatic heterocycles. The van der Waals surface area contributed by atoms with Crippen LogP contribution in [0.2, 0.25) is 0 Å². The average Bonchev–Trinajstić information content (AvgIpc) is 2.37. The molecule has 2 N–H and O–H groups in total. The summed E-state index contributed by atoms with van der Waals surface area (Å²) >= 11 is 0. The molecule has 0 aliphatic heterocycles. The summed E-state index contributed by atoms with van der Waals surface area (Å²) in [6.07, 6.45) is 0.944. The van der Waals surface area contributed by atoms with Gasteiger partial charge in [0.1, 0.15) is 12.1 Å². The van der Waals surface area contributed by atoms with Gasteiger partial charge < -0.3 is 20.2 Å². The van der Waals surface area contributed by atoms with Crippen LogP contribution in [-0.2, 0) is 9.59 Å². The Morgan fingerprint density at radius 1 is 1.20 bits per heavy atom. The van der Waals surface area contributed by atoms with Crippen LogP contribution in [0.1, 0.15) is 33.6 Å². The van der Waals surface area contributed by atoms with Crippen LogP contribution >= 0.6 is 0 Å². The standard InChI is InChI=1S/C13H25N3O4/c1-6-8-16(9-10(17)15(4)5)12(20)14-13(3,7-2)11(18)19/h6-9H2,1-5H3,(H,14,20)(H,18,19). The third kappa shape index (κ3) is 5.07. The van der Waals surface area contributed by atoms with Crippen molar-refractivity contribution in [1.82, 2.24) is 15.1 Å². The first-order valence-electron chi connectivity index (χ1n) is 6.68. The first kappa shape index (κ1) is 18.2. The summed E-state index contributed by atoms with van der Waals surface area (Å²) in [6, 6.07) is -0.534. The summed E-state index contributed by atoms with van der Waals surface area (Å²) in [5, 5.41) is 11.6. The maximum absolute atomic E-state index is 12.2. The molecule has 20 heavy (non-hydrogen) atoms. The Bertz CT molecular complexity index is 371. The molecule has 0 saturated carbocycles. The number of rotatable bonds is 7. The summed E-state index contributed by atoms with van der Waals surface area (Å²) in [5.41, 5.74) is -1.33. The molecule has 0 bridgehead atoms. The minimum absolute atomic E-state index is 0.0634. The van der Waals surface area contributed by atoms with Crippen molar-refractivity contribution in [3.63, 3.8) is 0 Å². The molecule has 0 aliphatic rings. The number of hydrogen-bond acceptors (Lipinski definition) is 3.